The van der Waals surface area contributed by atoms with Gasteiger partial charge in [-0.2, -0.15) is 0 Å². The highest BCUT2D eigenvalue weighted by molar-refractivity contribution is 5.77. The number of hydrogen-bond donors (Lipinski definition) is 0. The Labute approximate surface area is 96.0 Å². The van der Waals surface area contributed by atoms with Crippen LogP contribution in [0.2, 0.25) is 0 Å². The van der Waals surface area contributed by atoms with Gasteiger partial charge in [0.15, 0.2) is 5.65 Å². The van der Waals surface area contributed by atoms with Crippen molar-refractivity contribution in [2.45, 2.75) is 39.5 Å². The maximum absolute atomic E-state index is 4.57. The molecule has 2 rings (SSSR count). The molecular formula is C13H17N3. The largest absolute Gasteiger partial charge is 0.240 e. The molecule has 16 heavy (non-hydrogen) atoms. The normalized spacial score (nSPS) is 11.6. The summed E-state index contributed by atoms with van der Waals surface area (Å²) in [6.45, 7) is 8.55. The fraction of sp³-hybridized carbons (Fsp3) is 0.462. The number of nitrogens with zero attached hydrogens (tertiary/aromatic N) is 3. The highest BCUT2D eigenvalue weighted by atomic mass is 14.9. The van der Waals surface area contributed by atoms with E-state index in [0.717, 1.165) is 22.4 Å². The Morgan fingerprint density at radius 3 is 2.31 bits per heavy atom. The van der Waals surface area contributed by atoms with Crippen molar-refractivity contribution in [2.24, 2.45) is 0 Å². The molecule has 0 atom stereocenters. The third-order valence-electron chi connectivity index (χ3n) is 2.69. The second kappa shape index (κ2) is 4.16. The van der Waals surface area contributed by atoms with Gasteiger partial charge in [-0.25, -0.2) is 15.0 Å². The predicted octanol–water partition coefficient (Wildman–Crippen LogP) is 3.27. The summed E-state index contributed by atoms with van der Waals surface area (Å²) >= 11 is 0. The lowest BCUT2D eigenvalue weighted by Gasteiger charge is -2.09. The molecule has 0 fully saturated rings. The molecule has 3 nitrogen and oxygen atoms in total. The minimum atomic E-state index is 0.400. The maximum Gasteiger partial charge on any atom is 0.163 e. The second-order valence-corrected chi connectivity index (χ2v) is 4.68. The summed E-state index contributed by atoms with van der Waals surface area (Å²) in [6.07, 6.45) is 1.61. The van der Waals surface area contributed by atoms with Crippen LogP contribution in [0.5, 0.6) is 0 Å². The van der Waals surface area contributed by atoms with Crippen molar-refractivity contribution in [2.75, 3.05) is 0 Å². The Morgan fingerprint density at radius 2 is 1.69 bits per heavy atom. The maximum atomic E-state index is 4.57. The molecule has 0 radical (unpaired) electrons. The zero-order valence-corrected chi connectivity index (χ0v) is 10.2. The minimum Gasteiger partial charge on any atom is -0.240 e. The summed E-state index contributed by atoms with van der Waals surface area (Å²) in [6, 6.07) is 4.16. The topological polar surface area (TPSA) is 38.7 Å². The van der Waals surface area contributed by atoms with E-state index in [2.05, 4.69) is 54.8 Å². The first-order chi connectivity index (χ1) is 7.59. The summed E-state index contributed by atoms with van der Waals surface area (Å²) in [5, 5.41) is 1.07. The van der Waals surface area contributed by atoms with E-state index in [0.29, 0.717) is 11.8 Å². The molecule has 84 valence electrons. The van der Waals surface area contributed by atoms with Gasteiger partial charge in [0, 0.05) is 11.1 Å². The summed E-state index contributed by atoms with van der Waals surface area (Å²) in [7, 11) is 0. The van der Waals surface area contributed by atoms with Crippen LogP contribution in [0, 0.1) is 0 Å². The molecule has 2 heterocycles. The zero-order valence-electron chi connectivity index (χ0n) is 10.2. The molecule has 0 spiro atoms. The molecule has 0 aliphatic heterocycles. The molecule has 3 heteroatoms. The molecule has 0 unspecified atom stereocenters. The van der Waals surface area contributed by atoms with Crippen LogP contribution in [0.4, 0.5) is 0 Å². The van der Waals surface area contributed by atoms with Crippen molar-refractivity contribution in [3.05, 3.63) is 29.8 Å². The van der Waals surface area contributed by atoms with Crippen LogP contribution in [0.3, 0.4) is 0 Å². The quantitative estimate of drug-likeness (QED) is 0.771. The smallest absolute Gasteiger partial charge is 0.163 e. The number of hydrogen-bond acceptors (Lipinski definition) is 3. The minimum absolute atomic E-state index is 0.400. The molecule has 0 bridgehead atoms. The molecule has 0 aromatic carbocycles. The van der Waals surface area contributed by atoms with Gasteiger partial charge in [-0.3, -0.25) is 0 Å². The van der Waals surface area contributed by atoms with Crippen LogP contribution in [0.25, 0.3) is 11.0 Å². The molecule has 0 saturated heterocycles. The fourth-order valence-electron chi connectivity index (χ4n) is 1.76. The molecule has 2 aromatic heterocycles. The van der Waals surface area contributed by atoms with E-state index in [-0.39, 0.29) is 0 Å². The molecule has 2 aromatic rings. The molecule has 0 saturated carbocycles. The van der Waals surface area contributed by atoms with Gasteiger partial charge in [-0.05, 0) is 24.0 Å². The van der Waals surface area contributed by atoms with Crippen LogP contribution in [0.1, 0.15) is 50.9 Å². The number of fused-ring (bicyclic) bond motifs is 1. The average Bonchev–Trinajstić information content (AvgIpc) is 2.27. The van der Waals surface area contributed by atoms with E-state index in [1.54, 1.807) is 6.33 Å². The van der Waals surface area contributed by atoms with Crippen molar-refractivity contribution in [3.8, 4) is 0 Å². The van der Waals surface area contributed by atoms with E-state index in [9.17, 15) is 0 Å². The van der Waals surface area contributed by atoms with Crippen molar-refractivity contribution in [1.82, 2.24) is 15.0 Å². The van der Waals surface area contributed by atoms with E-state index in [4.69, 9.17) is 0 Å². The van der Waals surface area contributed by atoms with E-state index in [1.807, 2.05) is 0 Å². The number of pyridine rings is 1. The Kier molecular flexibility index (Phi) is 2.86. The Bertz CT molecular complexity index is 504. The zero-order chi connectivity index (χ0) is 11.7. The number of rotatable bonds is 2. The van der Waals surface area contributed by atoms with Crippen LogP contribution in [-0.4, -0.2) is 15.0 Å². The van der Waals surface area contributed by atoms with Crippen LogP contribution in [-0.2, 0) is 0 Å². The van der Waals surface area contributed by atoms with Gasteiger partial charge in [0.2, 0.25) is 0 Å². The SMILES string of the molecule is CC(C)c1ccc2c(C(C)C)ncnc2n1. The highest BCUT2D eigenvalue weighted by Crippen LogP contribution is 2.22. The van der Waals surface area contributed by atoms with Crippen LogP contribution >= 0.6 is 0 Å². The lowest BCUT2D eigenvalue weighted by Crippen LogP contribution is -2.00. The summed E-state index contributed by atoms with van der Waals surface area (Å²) in [5.41, 5.74) is 2.97. The van der Waals surface area contributed by atoms with Gasteiger partial charge < -0.3 is 0 Å². The Hall–Kier alpha value is -1.51. The fourth-order valence-corrected chi connectivity index (χ4v) is 1.76. The van der Waals surface area contributed by atoms with Gasteiger partial charge >= 0.3 is 0 Å². The van der Waals surface area contributed by atoms with Gasteiger partial charge in [-0.1, -0.05) is 27.7 Å². The second-order valence-electron chi connectivity index (χ2n) is 4.68. The molecule has 0 amide bonds. The van der Waals surface area contributed by atoms with Crippen LogP contribution in [0.15, 0.2) is 18.5 Å². The predicted molar refractivity (Wildman–Crippen MR) is 65.5 cm³/mol. The van der Waals surface area contributed by atoms with Crippen molar-refractivity contribution in [1.29, 1.82) is 0 Å². The van der Waals surface area contributed by atoms with Gasteiger partial charge in [-0.15, -0.1) is 0 Å². The van der Waals surface area contributed by atoms with Crippen LogP contribution < -0.4 is 0 Å². The molecule has 0 aliphatic rings. The standard InChI is InChI=1S/C13H17N3/c1-8(2)11-6-5-10-12(9(3)4)14-7-15-13(10)16-11/h5-9H,1-4H3. The Balaban J connectivity index is 2.64. The molecular weight excluding hydrogens is 198 g/mol. The Morgan fingerprint density at radius 1 is 0.938 bits per heavy atom. The van der Waals surface area contributed by atoms with Gasteiger partial charge in [0.25, 0.3) is 0 Å². The van der Waals surface area contributed by atoms with E-state index < -0.39 is 0 Å². The van der Waals surface area contributed by atoms with Crippen molar-refractivity contribution >= 4 is 11.0 Å². The lowest BCUT2D eigenvalue weighted by atomic mass is 10.0. The lowest BCUT2D eigenvalue weighted by molar-refractivity contribution is 0.813. The first-order valence-electron chi connectivity index (χ1n) is 5.71. The number of aromatic nitrogens is 3. The van der Waals surface area contributed by atoms with Gasteiger partial charge in [0.1, 0.15) is 6.33 Å². The molecule has 0 N–H and O–H groups in total. The van der Waals surface area contributed by atoms with E-state index >= 15 is 0 Å². The summed E-state index contributed by atoms with van der Waals surface area (Å²) < 4.78 is 0. The first-order valence-corrected chi connectivity index (χ1v) is 5.71. The first kappa shape index (κ1) is 11.0. The van der Waals surface area contributed by atoms with Crippen molar-refractivity contribution < 1.29 is 0 Å². The summed E-state index contributed by atoms with van der Waals surface area (Å²) in [5.74, 6) is 0.832. The highest BCUT2D eigenvalue weighted by Gasteiger charge is 2.09. The summed E-state index contributed by atoms with van der Waals surface area (Å²) in [4.78, 5) is 13.1. The molecule has 0 aliphatic carbocycles. The van der Waals surface area contributed by atoms with Gasteiger partial charge in [0.05, 0.1) is 5.69 Å². The van der Waals surface area contributed by atoms with Crippen molar-refractivity contribution in [3.63, 3.8) is 0 Å². The third kappa shape index (κ3) is 1.90. The third-order valence-corrected chi connectivity index (χ3v) is 2.69. The van der Waals surface area contributed by atoms with E-state index in [1.165, 1.54) is 0 Å². The average molecular weight is 215 g/mol. The monoisotopic (exact) mass is 215 g/mol.